The summed E-state index contributed by atoms with van der Waals surface area (Å²) < 4.78 is 32.8. The van der Waals surface area contributed by atoms with Crippen LogP contribution in [0.15, 0.2) is 30.3 Å². The van der Waals surface area contributed by atoms with Crippen LogP contribution in [0.2, 0.25) is 0 Å². The van der Waals surface area contributed by atoms with Gasteiger partial charge in [-0.2, -0.15) is 0 Å². The molecule has 0 unspecified atom stereocenters. The highest BCUT2D eigenvalue weighted by Crippen LogP contribution is 2.48. The molecule has 9 heteroatoms. The van der Waals surface area contributed by atoms with Gasteiger partial charge in [0, 0.05) is 38.5 Å². The molecule has 2 aromatic carbocycles. The highest BCUT2D eigenvalue weighted by Gasteiger charge is 2.40. The smallest absolute Gasteiger partial charge is 0.308 e. The van der Waals surface area contributed by atoms with Crippen molar-refractivity contribution in [2.45, 2.75) is 33.1 Å². The lowest BCUT2D eigenvalue weighted by Crippen LogP contribution is -2.37. The molecule has 194 valence electrons. The van der Waals surface area contributed by atoms with Crippen molar-refractivity contribution in [3.05, 3.63) is 47.0 Å². The summed E-state index contributed by atoms with van der Waals surface area (Å²) in [5.74, 6) is -0.0841. The van der Waals surface area contributed by atoms with E-state index in [0.29, 0.717) is 29.4 Å². The van der Waals surface area contributed by atoms with Gasteiger partial charge in [0.15, 0.2) is 23.0 Å². The van der Waals surface area contributed by atoms with E-state index < -0.39 is 11.9 Å². The molecule has 0 amide bonds. The molecule has 0 saturated carbocycles. The lowest BCUT2D eigenvalue weighted by Gasteiger charge is -2.40. The van der Waals surface area contributed by atoms with E-state index in [1.807, 2.05) is 18.2 Å². The van der Waals surface area contributed by atoms with Crippen LogP contribution in [0, 0.1) is 11.8 Å². The van der Waals surface area contributed by atoms with E-state index in [2.05, 4.69) is 0 Å². The van der Waals surface area contributed by atoms with Crippen molar-refractivity contribution >= 4 is 17.9 Å². The average Bonchev–Trinajstić information content (AvgIpc) is 2.84. The van der Waals surface area contributed by atoms with E-state index in [1.165, 1.54) is 27.9 Å². The van der Waals surface area contributed by atoms with Gasteiger partial charge in [-0.25, -0.2) is 0 Å². The molecule has 2 aromatic rings. The van der Waals surface area contributed by atoms with Crippen LogP contribution in [0.3, 0.4) is 0 Å². The Kier molecular flexibility index (Phi) is 8.79. The Hall–Kier alpha value is -3.75. The summed E-state index contributed by atoms with van der Waals surface area (Å²) in [5, 5.41) is 0. The van der Waals surface area contributed by atoms with Crippen LogP contribution in [0.5, 0.6) is 23.0 Å². The van der Waals surface area contributed by atoms with Crippen molar-refractivity contribution in [2.24, 2.45) is 11.8 Å². The summed E-state index contributed by atoms with van der Waals surface area (Å²) in [6.45, 7) is 4.32. The third-order valence-electron chi connectivity index (χ3n) is 6.28. The van der Waals surface area contributed by atoms with E-state index >= 15 is 0 Å². The monoisotopic (exact) mass is 500 g/mol. The van der Waals surface area contributed by atoms with Crippen molar-refractivity contribution in [2.75, 3.05) is 34.5 Å². The summed E-state index contributed by atoms with van der Waals surface area (Å²) in [6.07, 6.45) is 0.577. The molecular weight excluding hydrogens is 468 g/mol. The van der Waals surface area contributed by atoms with Crippen LogP contribution in [0.4, 0.5) is 0 Å². The maximum absolute atomic E-state index is 11.8. The van der Waals surface area contributed by atoms with Gasteiger partial charge >= 0.3 is 17.9 Å². The number of benzene rings is 2. The number of rotatable bonds is 9. The minimum absolute atomic E-state index is 0.119. The second kappa shape index (κ2) is 11.8. The van der Waals surface area contributed by atoms with Crippen LogP contribution in [0.1, 0.15) is 43.4 Å². The van der Waals surface area contributed by atoms with Crippen molar-refractivity contribution in [3.8, 4) is 23.0 Å². The molecule has 1 aliphatic rings. The fourth-order valence-corrected chi connectivity index (χ4v) is 4.74. The van der Waals surface area contributed by atoms with Crippen LogP contribution >= 0.6 is 0 Å². The van der Waals surface area contributed by atoms with Crippen LogP contribution < -0.4 is 18.9 Å². The Morgan fingerprint density at radius 3 is 1.92 bits per heavy atom. The fourth-order valence-electron chi connectivity index (χ4n) is 4.74. The molecule has 0 fully saturated rings. The molecule has 3 rings (SSSR count). The molecule has 0 saturated heterocycles. The Balaban J connectivity index is 2.20. The van der Waals surface area contributed by atoms with E-state index in [0.717, 1.165) is 16.7 Å². The summed E-state index contributed by atoms with van der Waals surface area (Å²) in [5.41, 5.74) is 2.81. The normalized spacial score (nSPS) is 18.4. The number of fused-ring (bicyclic) bond motifs is 1. The van der Waals surface area contributed by atoms with Gasteiger partial charge in [0.1, 0.15) is 0 Å². The predicted molar refractivity (Wildman–Crippen MR) is 130 cm³/mol. The molecule has 0 bridgehead atoms. The topological polar surface area (TPSA) is 107 Å². The zero-order valence-electron chi connectivity index (χ0n) is 21.4. The lowest BCUT2D eigenvalue weighted by molar-refractivity contribution is -0.147. The Morgan fingerprint density at radius 1 is 0.750 bits per heavy atom. The van der Waals surface area contributed by atoms with Gasteiger partial charge in [-0.05, 0) is 47.4 Å². The first-order chi connectivity index (χ1) is 17.2. The molecule has 0 aliphatic heterocycles. The fraction of sp³-hybridized carbons (Fsp3) is 0.444. The quantitative estimate of drug-likeness (QED) is 0.376. The predicted octanol–water partition coefficient (Wildman–Crippen LogP) is 3.68. The van der Waals surface area contributed by atoms with Crippen LogP contribution in [-0.2, 0) is 30.3 Å². The van der Waals surface area contributed by atoms with Crippen molar-refractivity contribution < 1.29 is 42.8 Å². The zero-order chi connectivity index (χ0) is 26.4. The van der Waals surface area contributed by atoms with Crippen LogP contribution in [-0.4, -0.2) is 52.5 Å². The molecule has 3 atom stereocenters. The van der Waals surface area contributed by atoms with Crippen LogP contribution in [0.25, 0.3) is 0 Å². The maximum atomic E-state index is 11.8. The minimum Gasteiger partial charge on any atom is -0.493 e. The van der Waals surface area contributed by atoms with Gasteiger partial charge in [0.2, 0.25) is 0 Å². The number of hydrogen-bond acceptors (Lipinski definition) is 9. The highest BCUT2D eigenvalue weighted by atomic mass is 16.6. The Bertz CT molecular complexity index is 1120. The highest BCUT2D eigenvalue weighted by molar-refractivity contribution is 5.70. The Labute approximate surface area is 210 Å². The van der Waals surface area contributed by atoms with Crippen molar-refractivity contribution in [1.29, 1.82) is 0 Å². The standard InChI is InChI=1S/C27H32O9/c1-15(28)34-13-20-9-19-11-25(32-5)26(33-6)12-21(19)27(22(20)14-35-16(2)29)18-7-8-23(36-17(3)30)24(10-18)31-4/h7-8,10-12,20,22,27H,9,13-14H2,1-6H3/t20-,22-,27-/m0/s1. The molecule has 0 aromatic heterocycles. The first-order valence-corrected chi connectivity index (χ1v) is 11.6. The second-order valence-electron chi connectivity index (χ2n) is 8.62. The van der Waals surface area contributed by atoms with Gasteiger partial charge in [-0.15, -0.1) is 0 Å². The summed E-state index contributed by atoms with van der Waals surface area (Å²) in [7, 11) is 4.64. The van der Waals surface area contributed by atoms with Crippen molar-refractivity contribution in [1.82, 2.24) is 0 Å². The number of carbonyl (C=O) groups excluding carboxylic acids is 3. The first kappa shape index (κ1) is 26.8. The van der Waals surface area contributed by atoms with Gasteiger partial charge in [0.05, 0.1) is 34.5 Å². The third kappa shape index (κ3) is 6.08. The maximum Gasteiger partial charge on any atom is 0.308 e. The Morgan fingerprint density at radius 2 is 1.33 bits per heavy atom. The number of ether oxygens (including phenoxy) is 6. The SMILES string of the molecule is COc1cc2c(cc1OC)[C@H](c1ccc(OC(C)=O)c(OC)c1)[C@@H](COC(C)=O)[C@H](COC(C)=O)C2. The summed E-state index contributed by atoms with van der Waals surface area (Å²) in [4.78, 5) is 35.0. The zero-order valence-corrected chi connectivity index (χ0v) is 21.4. The molecule has 1 aliphatic carbocycles. The summed E-state index contributed by atoms with van der Waals surface area (Å²) >= 11 is 0. The van der Waals surface area contributed by atoms with Gasteiger partial charge in [0.25, 0.3) is 0 Å². The van der Waals surface area contributed by atoms with Gasteiger partial charge in [-0.1, -0.05) is 6.07 Å². The molecule has 0 spiro atoms. The molecular formula is C27H32O9. The van der Waals surface area contributed by atoms with E-state index in [-0.39, 0.29) is 36.9 Å². The number of carbonyl (C=O) groups is 3. The number of methoxy groups -OCH3 is 3. The first-order valence-electron chi connectivity index (χ1n) is 11.6. The van der Waals surface area contributed by atoms with E-state index in [9.17, 15) is 14.4 Å². The minimum atomic E-state index is -0.463. The second-order valence-corrected chi connectivity index (χ2v) is 8.62. The van der Waals surface area contributed by atoms with Gasteiger partial charge in [-0.3, -0.25) is 14.4 Å². The summed E-state index contributed by atoms with van der Waals surface area (Å²) in [6, 6.07) is 9.18. The largest absolute Gasteiger partial charge is 0.493 e. The van der Waals surface area contributed by atoms with E-state index in [1.54, 1.807) is 26.4 Å². The van der Waals surface area contributed by atoms with Gasteiger partial charge < -0.3 is 28.4 Å². The number of hydrogen-bond donors (Lipinski definition) is 0. The van der Waals surface area contributed by atoms with E-state index in [4.69, 9.17) is 28.4 Å². The average molecular weight is 501 g/mol. The third-order valence-corrected chi connectivity index (χ3v) is 6.28. The lowest BCUT2D eigenvalue weighted by atomic mass is 9.66. The molecule has 0 radical (unpaired) electrons. The number of esters is 3. The van der Waals surface area contributed by atoms with Crippen molar-refractivity contribution in [3.63, 3.8) is 0 Å². The molecule has 0 heterocycles. The molecule has 0 N–H and O–H groups in total. The molecule has 36 heavy (non-hydrogen) atoms. The molecule has 9 nitrogen and oxygen atoms in total.